The molecule has 5 heteroatoms. The van der Waals surface area contributed by atoms with Gasteiger partial charge in [-0.25, -0.2) is 0 Å². The summed E-state index contributed by atoms with van der Waals surface area (Å²) in [7, 11) is 0. The summed E-state index contributed by atoms with van der Waals surface area (Å²) in [6.45, 7) is 5.65. The normalized spacial score (nSPS) is 19.8. The molecular formula is C11H20N2O3. The lowest BCUT2D eigenvalue weighted by Gasteiger charge is -2.11. The minimum atomic E-state index is -0.573. The van der Waals surface area contributed by atoms with Gasteiger partial charge in [0.15, 0.2) is 0 Å². The SMILES string of the molecule is CC(C)CNC(=O)C(=O)NCC1CCCO1. The van der Waals surface area contributed by atoms with Gasteiger partial charge in [0.05, 0.1) is 6.10 Å². The van der Waals surface area contributed by atoms with Crippen LogP contribution in [-0.4, -0.2) is 37.6 Å². The average molecular weight is 228 g/mol. The molecule has 2 N–H and O–H groups in total. The van der Waals surface area contributed by atoms with E-state index in [0.717, 1.165) is 19.4 Å². The van der Waals surface area contributed by atoms with Crippen LogP contribution in [0.3, 0.4) is 0 Å². The van der Waals surface area contributed by atoms with E-state index >= 15 is 0 Å². The van der Waals surface area contributed by atoms with Gasteiger partial charge < -0.3 is 15.4 Å². The van der Waals surface area contributed by atoms with Crippen LogP contribution in [0.25, 0.3) is 0 Å². The Hall–Kier alpha value is -1.10. The standard InChI is InChI=1S/C11H20N2O3/c1-8(2)6-12-10(14)11(15)13-7-9-4-3-5-16-9/h8-9H,3-7H2,1-2H3,(H,12,14)(H,13,15). The van der Waals surface area contributed by atoms with Crippen molar-refractivity contribution in [2.24, 2.45) is 5.92 Å². The first-order valence-electron chi connectivity index (χ1n) is 5.77. The molecule has 1 fully saturated rings. The Morgan fingerprint density at radius 3 is 2.56 bits per heavy atom. The van der Waals surface area contributed by atoms with E-state index in [1.807, 2.05) is 13.8 Å². The molecule has 1 atom stereocenters. The monoisotopic (exact) mass is 228 g/mol. The second-order valence-corrected chi connectivity index (χ2v) is 4.45. The van der Waals surface area contributed by atoms with E-state index in [1.54, 1.807) is 0 Å². The lowest BCUT2D eigenvalue weighted by molar-refractivity contribution is -0.139. The van der Waals surface area contributed by atoms with Crippen LogP contribution in [0.4, 0.5) is 0 Å². The number of hydrogen-bond donors (Lipinski definition) is 2. The van der Waals surface area contributed by atoms with Crippen molar-refractivity contribution in [3.8, 4) is 0 Å². The van der Waals surface area contributed by atoms with E-state index in [2.05, 4.69) is 10.6 Å². The first kappa shape index (κ1) is 13.0. The minimum absolute atomic E-state index is 0.0712. The second-order valence-electron chi connectivity index (χ2n) is 4.45. The zero-order valence-corrected chi connectivity index (χ0v) is 9.91. The second kappa shape index (κ2) is 6.48. The maximum absolute atomic E-state index is 11.3. The number of rotatable bonds is 4. The molecule has 1 aliphatic heterocycles. The fourth-order valence-corrected chi connectivity index (χ4v) is 1.47. The first-order chi connectivity index (χ1) is 7.59. The summed E-state index contributed by atoms with van der Waals surface area (Å²) >= 11 is 0. The molecule has 0 aliphatic carbocycles. The molecule has 2 amide bonds. The van der Waals surface area contributed by atoms with Gasteiger partial charge >= 0.3 is 11.8 Å². The third kappa shape index (κ3) is 4.61. The van der Waals surface area contributed by atoms with Crippen LogP contribution in [0.1, 0.15) is 26.7 Å². The van der Waals surface area contributed by atoms with E-state index in [-0.39, 0.29) is 6.10 Å². The number of nitrogens with one attached hydrogen (secondary N) is 2. The lowest BCUT2D eigenvalue weighted by Crippen LogP contribution is -2.43. The summed E-state index contributed by atoms with van der Waals surface area (Å²) in [5, 5.41) is 5.14. The van der Waals surface area contributed by atoms with Gasteiger partial charge in [0.25, 0.3) is 0 Å². The highest BCUT2D eigenvalue weighted by Crippen LogP contribution is 2.10. The van der Waals surface area contributed by atoms with Gasteiger partial charge in [0.2, 0.25) is 0 Å². The summed E-state index contributed by atoms with van der Waals surface area (Å²) in [6, 6.07) is 0. The number of carbonyl (C=O) groups excluding carboxylic acids is 2. The molecule has 0 aromatic carbocycles. The molecule has 1 unspecified atom stereocenters. The zero-order chi connectivity index (χ0) is 12.0. The van der Waals surface area contributed by atoms with Crippen molar-refractivity contribution >= 4 is 11.8 Å². The molecule has 0 aromatic rings. The maximum Gasteiger partial charge on any atom is 0.309 e. The van der Waals surface area contributed by atoms with E-state index < -0.39 is 11.8 Å². The largest absolute Gasteiger partial charge is 0.376 e. The number of hydrogen-bond acceptors (Lipinski definition) is 3. The molecule has 1 heterocycles. The van der Waals surface area contributed by atoms with Gasteiger partial charge in [-0.3, -0.25) is 9.59 Å². The maximum atomic E-state index is 11.3. The number of ether oxygens (including phenoxy) is 1. The van der Waals surface area contributed by atoms with Gasteiger partial charge in [-0.15, -0.1) is 0 Å². The van der Waals surface area contributed by atoms with Crippen LogP contribution in [0, 0.1) is 5.92 Å². The van der Waals surface area contributed by atoms with Crippen molar-refractivity contribution in [3.05, 3.63) is 0 Å². The quantitative estimate of drug-likeness (QED) is 0.668. The smallest absolute Gasteiger partial charge is 0.309 e. The van der Waals surface area contributed by atoms with Crippen molar-refractivity contribution in [1.29, 1.82) is 0 Å². The molecule has 1 saturated heterocycles. The van der Waals surface area contributed by atoms with Crippen LogP contribution in [-0.2, 0) is 14.3 Å². The van der Waals surface area contributed by atoms with Gasteiger partial charge in [0, 0.05) is 19.7 Å². The fourth-order valence-electron chi connectivity index (χ4n) is 1.47. The van der Waals surface area contributed by atoms with Gasteiger partial charge in [0.1, 0.15) is 0 Å². The molecule has 92 valence electrons. The average Bonchev–Trinajstić information content (AvgIpc) is 2.75. The van der Waals surface area contributed by atoms with Gasteiger partial charge in [-0.2, -0.15) is 0 Å². The lowest BCUT2D eigenvalue weighted by atomic mass is 10.2. The molecule has 0 radical (unpaired) electrons. The summed E-state index contributed by atoms with van der Waals surface area (Å²) < 4.78 is 5.33. The molecule has 1 rings (SSSR count). The third-order valence-corrected chi connectivity index (χ3v) is 2.39. The highest BCUT2D eigenvalue weighted by molar-refractivity contribution is 6.35. The van der Waals surface area contributed by atoms with Crippen molar-refractivity contribution in [2.45, 2.75) is 32.8 Å². The summed E-state index contributed by atoms with van der Waals surface area (Å²) in [5.74, 6) is -0.794. The van der Waals surface area contributed by atoms with Crippen LogP contribution < -0.4 is 10.6 Å². The molecule has 1 aliphatic rings. The Balaban J connectivity index is 2.15. The molecule has 0 aromatic heterocycles. The van der Waals surface area contributed by atoms with E-state index in [9.17, 15) is 9.59 Å². The van der Waals surface area contributed by atoms with Crippen molar-refractivity contribution in [3.63, 3.8) is 0 Å². The summed E-state index contributed by atoms with van der Waals surface area (Å²) in [5.41, 5.74) is 0. The highest BCUT2D eigenvalue weighted by atomic mass is 16.5. The van der Waals surface area contributed by atoms with E-state index in [4.69, 9.17) is 4.74 Å². The molecule has 5 nitrogen and oxygen atoms in total. The van der Waals surface area contributed by atoms with Crippen molar-refractivity contribution in [2.75, 3.05) is 19.7 Å². The summed E-state index contributed by atoms with van der Waals surface area (Å²) in [6.07, 6.45) is 2.05. The molecular weight excluding hydrogens is 208 g/mol. The minimum Gasteiger partial charge on any atom is -0.376 e. The predicted molar refractivity (Wildman–Crippen MR) is 59.8 cm³/mol. The highest BCUT2D eigenvalue weighted by Gasteiger charge is 2.18. The Morgan fingerprint density at radius 2 is 2.00 bits per heavy atom. The molecule has 0 bridgehead atoms. The summed E-state index contributed by atoms with van der Waals surface area (Å²) in [4.78, 5) is 22.6. The first-order valence-corrected chi connectivity index (χ1v) is 5.77. The molecule has 0 spiro atoms. The zero-order valence-electron chi connectivity index (χ0n) is 9.91. The molecule has 16 heavy (non-hydrogen) atoms. The van der Waals surface area contributed by atoms with Crippen molar-refractivity contribution < 1.29 is 14.3 Å². The Kier molecular flexibility index (Phi) is 5.25. The fraction of sp³-hybridized carbons (Fsp3) is 0.818. The van der Waals surface area contributed by atoms with Gasteiger partial charge in [-0.1, -0.05) is 13.8 Å². The van der Waals surface area contributed by atoms with Crippen LogP contribution in [0.15, 0.2) is 0 Å². The third-order valence-electron chi connectivity index (χ3n) is 2.39. The van der Waals surface area contributed by atoms with Gasteiger partial charge in [-0.05, 0) is 18.8 Å². The van der Waals surface area contributed by atoms with Crippen LogP contribution in [0.2, 0.25) is 0 Å². The Morgan fingerprint density at radius 1 is 1.31 bits per heavy atom. The number of amides is 2. The van der Waals surface area contributed by atoms with Crippen LogP contribution >= 0.6 is 0 Å². The van der Waals surface area contributed by atoms with Crippen LogP contribution in [0.5, 0.6) is 0 Å². The topological polar surface area (TPSA) is 67.4 Å². The predicted octanol–water partition coefficient (Wildman–Crippen LogP) is 0.0538. The number of carbonyl (C=O) groups is 2. The van der Waals surface area contributed by atoms with E-state index in [0.29, 0.717) is 19.0 Å². The Bertz CT molecular complexity index is 248. The Labute approximate surface area is 95.9 Å². The van der Waals surface area contributed by atoms with Crippen molar-refractivity contribution in [1.82, 2.24) is 10.6 Å². The molecule has 0 saturated carbocycles. The van der Waals surface area contributed by atoms with E-state index in [1.165, 1.54) is 0 Å².